The van der Waals surface area contributed by atoms with E-state index in [1.54, 1.807) is 21.3 Å². The van der Waals surface area contributed by atoms with E-state index < -0.39 is 0 Å². The molecule has 0 bridgehead atoms. The van der Waals surface area contributed by atoms with Gasteiger partial charge in [0.15, 0.2) is 11.5 Å². The van der Waals surface area contributed by atoms with Crippen LogP contribution in [0.15, 0.2) is 12.1 Å². The third-order valence-electron chi connectivity index (χ3n) is 2.83. The lowest BCUT2D eigenvalue weighted by Gasteiger charge is -2.14. The fraction of sp³-hybridized carbons (Fsp3) is 0.500. The Kier molecular flexibility index (Phi) is 6.66. The van der Waals surface area contributed by atoms with E-state index in [0.29, 0.717) is 30.2 Å². The van der Waals surface area contributed by atoms with Crippen LogP contribution in [-0.4, -0.2) is 33.8 Å². The van der Waals surface area contributed by atoms with Gasteiger partial charge >= 0.3 is 0 Å². The minimum atomic E-state index is -0.278. The zero-order valence-corrected chi connectivity index (χ0v) is 12.2. The summed E-state index contributed by atoms with van der Waals surface area (Å²) in [7, 11) is 4.74. The Morgan fingerprint density at radius 2 is 1.75 bits per heavy atom. The molecule has 0 spiro atoms. The van der Waals surface area contributed by atoms with Gasteiger partial charge in [-0.3, -0.25) is 4.79 Å². The van der Waals surface area contributed by atoms with E-state index in [2.05, 4.69) is 5.32 Å². The molecule has 0 atom stereocenters. The molecule has 0 saturated heterocycles. The van der Waals surface area contributed by atoms with Crippen molar-refractivity contribution in [2.45, 2.75) is 19.4 Å². The van der Waals surface area contributed by atoms with Gasteiger partial charge in [0.2, 0.25) is 11.7 Å². The second kappa shape index (κ2) is 8.27. The van der Waals surface area contributed by atoms with Crippen LogP contribution in [0, 0.1) is 0 Å². The van der Waals surface area contributed by atoms with Crippen LogP contribution in [0.3, 0.4) is 0 Å². The summed E-state index contributed by atoms with van der Waals surface area (Å²) < 4.78 is 15.8. The second-order valence-corrected chi connectivity index (χ2v) is 4.28. The van der Waals surface area contributed by atoms with Gasteiger partial charge in [0.05, 0.1) is 21.3 Å². The first kappa shape index (κ1) is 16.1. The summed E-state index contributed by atoms with van der Waals surface area (Å²) in [6, 6.07) is 3.78. The van der Waals surface area contributed by atoms with Crippen molar-refractivity contribution in [1.82, 2.24) is 5.32 Å². The number of nitrogens with two attached hydrogens (primary N) is 1. The van der Waals surface area contributed by atoms with Crippen molar-refractivity contribution in [2.24, 2.45) is 5.73 Å². The number of carbonyl (C=O) groups excluding carboxylic acids is 1. The number of hydrogen-bond donors (Lipinski definition) is 2. The first-order valence-electron chi connectivity index (χ1n) is 6.40. The monoisotopic (exact) mass is 282 g/mol. The summed E-state index contributed by atoms with van der Waals surface area (Å²) >= 11 is 0. The number of methoxy groups -OCH3 is 3. The molecule has 112 valence electrons. The fourth-order valence-electron chi connectivity index (χ4n) is 1.86. The molecule has 0 unspecified atom stereocenters. The van der Waals surface area contributed by atoms with E-state index in [4.69, 9.17) is 19.9 Å². The van der Waals surface area contributed by atoms with Gasteiger partial charge in [0.25, 0.3) is 0 Å². The molecule has 0 radical (unpaired) electrons. The highest BCUT2D eigenvalue weighted by atomic mass is 16.5. The van der Waals surface area contributed by atoms with Crippen molar-refractivity contribution < 1.29 is 19.0 Å². The van der Waals surface area contributed by atoms with E-state index in [0.717, 1.165) is 18.5 Å². The lowest BCUT2D eigenvalue weighted by molar-refractivity contribution is -0.118. The Bertz CT molecular complexity index is 424. The summed E-state index contributed by atoms with van der Waals surface area (Å²) in [5.74, 6) is 1.55. The molecule has 0 aliphatic rings. The number of ether oxygens (including phenoxy) is 3. The standard InChI is InChI=1S/C14H22N2O4/c1-18-11-7-10(8-12(19-2)14(11)20-3)9-16-6-4-5-13(15)17/h7-8,16H,4-6,9H2,1-3H3,(H2,15,17). The molecule has 1 aromatic rings. The van der Waals surface area contributed by atoms with Gasteiger partial charge in [-0.05, 0) is 30.7 Å². The van der Waals surface area contributed by atoms with Gasteiger partial charge < -0.3 is 25.3 Å². The minimum Gasteiger partial charge on any atom is -0.493 e. The quantitative estimate of drug-likeness (QED) is 0.662. The molecular weight excluding hydrogens is 260 g/mol. The summed E-state index contributed by atoms with van der Waals surface area (Å²) in [6.45, 7) is 1.37. The van der Waals surface area contributed by atoms with Crippen LogP contribution >= 0.6 is 0 Å². The predicted octanol–water partition coefficient (Wildman–Crippen LogP) is 1.07. The van der Waals surface area contributed by atoms with Crippen molar-refractivity contribution in [3.8, 4) is 17.2 Å². The largest absolute Gasteiger partial charge is 0.493 e. The van der Waals surface area contributed by atoms with E-state index >= 15 is 0 Å². The van der Waals surface area contributed by atoms with Gasteiger partial charge in [-0.25, -0.2) is 0 Å². The third-order valence-corrected chi connectivity index (χ3v) is 2.83. The van der Waals surface area contributed by atoms with E-state index in [1.165, 1.54) is 0 Å². The molecule has 1 rings (SSSR count). The predicted molar refractivity (Wildman–Crippen MR) is 76.2 cm³/mol. The van der Waals surface area contributed by atoms with Gasteiger partial charge in [-0.1, -0.05) is 0 Å². The number of primary amides is 1. The summed E-state index contributed by atoms with van der Waals surface area (Å²) in [4.78, 5) is 10.6. The van der Waals surface area contributed by atoms with Crippen LogP contribution in [0.1, 0.15) is 18.4 Å². The van der Waals surface area contributed by atoms with Gasteiger partial charge in [0, 0.05) is 13.0 Å². The van der Waals surface area contributed by atoms with E-state index in [-0.39, 0.29) is 5.91 Å². The summed E-state index contributed by atoms with van der Waals surface area (Å²) in [6.07, 6.45) is 1.11. The molecule has 0 aliphatic heterocycles. The lowest BCUT2D eigenvalue weighted by atomic mass is 10.1. The van der Waals surface area contributed by atoms with Crippen LogP contribution in [0.5, 0.6) is 17.2 Å². The maximum atomic E-state index is 10.6. The van der Waals surface area contributed by atoms with Crippen LogP contribution in [0.4, 0.5) is 0 Å². The number of amides is 1. The van der Waals surface area contributed by atoms with Crippen LogP contribution in [0.2, 0.25) is 0 Å². The van der Waals surface area contributed by atoms with Crippen LogP contribution in [0.25, 0.3) is 0 Å². The molecule has 3 N–H and O–H groups in total. The van der Waals surface area contributed by atoms with Gasteiger partial charge in [-0.15, -0.1) is 0 Å². The van der Waals surface area contributed by atoms with E-state index in [9.17, 15) is 4.79 Å². The Balaban J connectivity index is 2.64. The summed E-state index contributed by atoms with van der Waals surface area (Å²) in [5.41, 5.74) is 6.09. The number of benzene rings is 1. The highest BCUT2D eigenvalue weighted by Gasteiger charge is 2.12. The maximum absolute atomic E-state index is 10.6. The first-order valence-corrected chi connectivity index (χ1v) is 6.40. The number of nitrogens with one attached hydrogen (secondary N) is 1. The molecule has 1 aromatic carbocycles. The normalized spacial score (nSPS) is 10.2. The molecule has 0 heterocycles. The highest BCUT2D eigenvalue weighted by molar-refractivity contribution is 5.73. The molecule has 6 heteroatoms. The first-order chi connectivity index (χ1) is 9.62. The lowest BCUT2D eigenvalue weighted by Crippen LogP contribution is -2.18. The van der Waals surface area contributed by atoms with Crippen LogP contribution < -0.4 is 25.3 Å². The highest BCUT2D eigenvalue weighted by Crippen LogP contribution is 2.38. The molecular formula is C14H22N2O4. The Morgan fingerprint density at radius 3 is 2.20 bits per heavy atom. The molecule has 0 fully saturated rings. The zero-order valence-electron chi connectivity index (χ0n) is 12.2. The molecule has 0 saturated carbocycles. The van der Waals surface area contributed by atoms with Gasteiger partial charge in [-0.2, -0.15) is 0 Å². The summed E-state index contributed by atoms with van der Waals surface area (Å²) in [5, 5.41) is 3.24. The molecule has 6 nitrogen and oxygen atoms in total. The smallest absolute Gasteiger partial charge is 0.217 e. The SMILES string of the molecule is COc1cc(CNCCCC(N)=O)cc(OC)c1OC. The molecule has 1 amide bonds. The Morgan fingerprint density at radius 1 is 1.15 bits per heavy atom. The molecule has 20 heavy (non-hydrogen) atoms. The van der Waals surface area contributed by atoms with Crippen molar-refractivity contribution >= 4 is 5.91 Å². The Labute approximate surface area is 119 Å². The molecule has 0 aromatic heterocycles. The zero-order chi connectivity index (χ0) is 15.0. The van der Waals surface area contributed by atoms with Crippen molar-refractivity contribution in [1.29, 1.82) is 0 Å². The number of rotatable bonds is 9. The maximum Gasteiger partial charge on any atom is 0.217 e. The molecule has 0 aliphatic carbocycles. The van der Waals surface area contributed by atoms with Crippen molar-refractivity contribution in [3.05, 3.63) is 17.7 Å². The minimum absolute atomic E-state index is 0.278. The topological polar surface area (TPSA) is 82.8 Å². The second-order valence-electron chi connectivity index (χ2n) is 4.28. The third kappa shape index (κ3) is 4.62. The number of carbonyl (C=O) groups is 1. The fourth-order valence-corrected chi connectivity index (χ4v) is 1.86. The van der Waals surface area contributed by atoms with Crippen LogP contribution in [-0.2, 0) is 11.3 Å². The van der Waals surface area contributed by atoms with Crippen molar-refractivity contribution in [2.75, 3.05) is 27.9 Å². The average molecular weight is 282 g/mol. The van der Waals surface area contributed by atoms with Gasteiger partial charge in [0.1, 0.15) is 0 Å². The number of hydrogen-bond acceptors (Lipinski definition) is 5. The Hall–Kier alpha value is -1.95. The average Bonchev–Trinajstić information content (AvgIpc) is 2.45. The van der Waals surface area contributed by atoms with E-state index in [1.807, 2.05) is 12.1 Å². The van der Waals surface area contributed by atoms with Crippen molar-refractivity contribution in [3.63, 3.8) is 0 Å².